The molecule has 0 aliphatic carbocycles. The number of benzene rings is 1. The molecule has 1 heterocycles. The first-order valence-corrected chi connectivity index (χ1v) is 5.93. The molecule has 0 N–H and O–H groups in total. The Labute approximate surface area is 118 Å². The van der Waals surface area contributed by atoms with Crippen LogP contribution in [0.2, 0.25) is 0 Å². The lowest BCUT2D eigenvalue weighted by Gasteiger charge is -2.13. The summed E-state index contributed by atoms with van der Waals surface area (Å²) in [6.45, 7) is 0. The number of allylic oxidation sites excluding steroid dienone is 3. The summed E-state index contributed by atoms with van der Waals surface area (Å²) < 4.78 is 39.0. The molecular weight excluding hydrogens is 285 g/mol. The first kappa shape index (κ1) is 14.8. The molecule has 1 aromatic carbocycles. The van der Waals surface area contributed by atoms with Crippen molar-refractivity contribution in [3.63, 3.8) is 0 Å². The first-order chi connectivity index (χ1) is 9.77. The van der Waals surface area contributed by atoms with Gasteiger partial charge in [-0.15, -0.1) is 0 Å². The predicted molar refractivity (Wildman–Crippen MR) is 72.1 cm³/mol. The molecule has 0 aromatic heterocycles. The zero-order valence-corrected chi connectivity index (χ0v) is 11.0. The molecule has 0 atom stereocenters. The quantitative estimate of drug-likeness (QED) is 0.613. The second-order valence-electron chi connectivity index (χ2n) is 4.47. The Hall–Kier alpha value is -2.57. The Morgan fingerprint density at radius 1 is 1.24 bits per heavy atom. The highest BCUT2D eigenvalue weighted by molar-refractivity contribution is 5.64. The molecule has 21 heavy (non-hydrogen) atoms. The summed E-state index contributed by atoms with van der Waals surface area (Å²) in [7, 11) is 1.79. The number of alkyl halides is 3. The largest absolute Gasteiger partial charge is 0.417 e. The van der Waals surface area contributed by atoms with Crippen molar-refractivity contribution in [1.29, 1.82) is 0 Å². The summed E-state index contributed by atoms with van der Waals surface area (Å²) in [5.41, 5.74) is -1.14. The van der Waals surface area contributed by atoms with Gasteiger partial charge in [-0.3, -0.25) is 10.1 Å². The van der Waals surface area contributed by atoms with Crippen molar-refractivity contribution in [3.8, 4) is 0 Å². The Morgan fingerprint density at radius 3 is 2.38 bits per heavy atom. The third-order valence-electron chi connectivity index (χ3n) is 2.88. The topological polar surface area (TPSA) is 46.4 Å². The van der Waals surface area contributed by atoms with Gasteiger partial charge >= 0.3 is 6.18 Å². The van der Waals surface area contributed by atoms with Crippen LogP contribution in [0.15, 0.2) is 48.3 Å². The first-order valence-electron chi connectivity index (χ1n) is 5.93. The normalized spacial score (nSPS) is 14.5. The molecule has 0 unspecified atom stereocenters. The minimum atomic E-state index is -4.66. The molecule has 1 aliphatic rings. The summed E-state index contributed by atoms with van der Waals surface area (Å²) in [5.74, 6) is 0. The van der Waals surface area contributed by atoms with Crippen LogP contribution in [0.5, 0.6) is 0 Å². The second kappa shape index (κ2) is 5.43. The van der Waals surface area contributed by atoms with Gasteiger partial charge in [-0.1, -0.05) is 0 Å². The van der Waals surface area contributed by atoms with E-state index < -0.39 is 22.4 Å². The Bertz CT molecular complexity index is 645. The number of halogens is 3. The summed E-state index contributed by atoms with van der Waals surface area (Å²) in [4.78, 5) is 11.5. The van der Waals surface area contributed by atoms with Gasteiger partial charge in [-0.2, -0.15) is 13.2 Å². The van der Waals surface area contributed by atoms with E-state index in [4.69, 9.17) is 0 Å². The van der Waals surface area contributed by atoms with Gasteiger partial charge in [-0.05, 0) is 35.4 Å². The average Bonchev–Trinajstić information content (AvgIpc) is 2.40. The van der Waals surface area contributed by atoms with Crippen LogP contribution >= 0.6 is 0 Å². The molecule has 0 saturated carbocycles. The van der Waals surface area contributed by atoms with E-state index in [1.54, 1.807) is 36.5 Å². The van der Waals surface area contributed by atoms with Crippen LogP contribution in [0.1, 0.15) is 11.1 Å². The third kappa shape index (κ3) is 3.50. The van der Waals surface area contributed by atoms with Crippen molar-refractivity contribution in [1.82, 2.24) is 4.90 Å². The zero-order valence-electron chi connectivity index (χ0n) is 11.0. The molecule has 0 fully saturated rings. The summed E-state index contributed by atoms with van der Waals surface area (Å²) >= 11 is 0. The summed E-state index contributed by atoms with van der Waals surface area (Å²) in [6.07, 6.45) is 3.39. The van der Waals surface area contributed by atoms with Gasteiger partial charge in [-0.25, -0.2) is 0 Å². The van der Waals surface area contributed by atoms with Crippen LogP contribution in [0.4, 0.5) is 18.9 Å². The van der Waals surface area contributed by atoms with Crippen molar-refractivity contribution in [3.05, 3.63) is 69.6 Å². The third-order valence-corrected chi connectivity index (χ3v) is 2.88. The smallest absolute Gasteiger partial charge is 0.357 e. The number of nitro benzene ring substituents is 1. The maximum atomic E-state index is 13.0. The van der Waals surface area contributed by atoms with Crippen LogP contribution < -0.4 is 0 Å². The van der Waals surface area contributed by atoms with Crippen molar-refractivity contribution < 1.29 is 18.1 Å². The fourth-order valence-electron chi connectivity index (χ4n) is 1.82. The lowest BCUT2D eigenvalue weighted by Crippen LogP contribution is -2.08. The van der Waals surface area contributed by atoms with Gasteiger partial charge in [0.1, 0.15) is 0 Å². The Balaban J connectivity index is 2.49. The molecule has 0 bridgehead atoms. The molecule has 0 spiro atoms. The van der Waals surface area contributed by atoms with Gasteiger partial charge < -0.3 is 4.90 Å². The standard InChI is InChI=1S/C14H11F3N2O2/c1-18-6-4-10(5-7-18)8-11-2-3-12(19(20)21)9-13(11)14(15,16)17/h2-9H,1H3. The van der Waals surface area contributed by atoms with Gasteiger partial charge in [0, 0.05) is 31.6 Å². The molecule has 4 nitrogen and oxygen atoms in total. The molecule has 0 amide bonds. The number of non-ortho nitro benzene ring substituents is 1. The van der Waals surface area contributed by atoms with Crippen LogP contribution in [-0.2, 0) is 6.18 Å². The van der Waals surface area contributed by atoms with E-state index in [1.165, 1.54) is 6.08 Å². The predicted octanol–water partition coefficient (Wildman–Crippen LogP) is 3.97. The average molecular weight is 296 g/mol. The highest BCUT2D eigenvalue weighted by Gasteiger charge is 2.34. The minimum absolute atomic E-state index is 0.109. The zero-order chi connectivity index (χ0) is 15.6. The van der Waals surface area contributed by atoms with Crippen molar-refractivity contribution in [2.75, 3.05) is 7.05 Å². The Kier molecular flexibility index (Phi) is 3.84. The monoisotopic (exact) mass is 296 g/mol. The SMILES string of the molecule is CN1C=CC(=Cc2ccc([N+](=O)[O-])cc2C(F)(F)F)C=C1. The van der Waals surface area contributed by atoms with E-state index >= 15 is 0 Å². The Morgan fingerprint density at radius 2 is 1.86 bits per heavy atom. The van der Waals surface area contributed by atoms with Gasteiger partial charge in [0.05, 0.1) is 10.5 Å². The van der Waals surface area contributed by atoms with E-state index in [1.807, 2.05) is 0 Å². The van der Waals surface area contributed by atoms with E-state index in [0.717, 1.165) is 12.1 Å². The molecule has 1 aromatic rings. The number of hydrogen-bond donors (Lipinski definition) is 0. The number of nitrogens with zero attached hydrogens (tertiary/aromatic N) is 2. The maximum Gasteiger partial charge on any atom is 0.417 e. The number of nitro groups is 1. The molecule has 1 aliphatic heterocycles. The highest BCUT2D eigenvalue weighted by Crippen LogP contribution is 2.35. The van der Waals surface area contributed by atoms with E-state index in [9.17, 15) is 23.3 Å². The molecular formula is C14H11F3N2O2. The van der Waals surface area contributed by atoms with Crippen LogP contribution in [0.3, 0.4) is 0 Å². The van der Waals surface area contributed by atoms with E-state index in [0.29, 0.717) is 11.6 Å². The molecule has 110 valence electrons. The van der Waals surface area contributed by atoms with Crippen LogP contribution in [0.25, 0.3) is 6.08 Å². The fourth-order valence-corrected chi connectivity index (χ4v) is 1.82. The lowest BCUT2D eigenvalue weighted by molar-refractivity contribution is -0.385. The van der Waals surface area contributed by atoms with Crippen LogP contribution in [0, 0.1) is 10.1 Å². The molecule has 2 rings (SSSR count). The summed E-state index contributed by atoms with van der Waals surface area (Å²) in [5, 5.41) is 10.6. The van der Waals surface area contributed by atoms with Crippen molar-refractivity contribution in [2.45, 2.75) is 6.18 Å². The van der Waals surface area contributed by atoms with Gasteiger partial charge in [0.2, 0.25) is 0 Å². The number of hydrogen-bond acceptors (Lipinski definition) is 3. The molecule has 0 radical (unpaired) electrons. The molecule has 7 heteroatoms. The maximum absolute atomic E-state index is 13.0. The van der Waals surface area contributed by atoms with Crippen LogP contribution in [-0.4, -0.2) is 16.9 Å². The van der Waals surface area contributed by atoms with Gasteiger partial charge in [0.15, 0.2) is 0 Å². The van der Waals surface area contributed by atoms with Gasteiger partial charge in [0.25, 0.3) is 5.69 Å². The van der Waals surface area contributed by atoms with E-state index in [-0.39, 0.29) is 5.56 Å². The minimum Gasteiger partial charge on any atom is -0.357 e. The van der Waals surface area contributed by atoms with E-state index in [2.05, 4.69) is 0 Å². The number of rotatable bonds is 2. The second-order valence-corrected chi connectivity index (χ2v) is 4.47. The highest BCUT2D eigenvalue weighted by atomic mass is 19.4. The van der Waals surface area contributed by atoms with Crippen molar-refractivity contribution >= 4 is 11.8 Å². The van der Waals surface area contributed by atoms with Crippen molar-refractivity contribution in [2.24, 2.45) is 0 Å². The molecule has 0 saturated heterocycles. The lowest BCUT2D eigenvalue weighted by atomic mass is 10.0. The summed E-state index contributed by atoms with van der Waals surface area (Å²) in [6, 6.07) is 2.72. The fraction of sp³-hybridized carbons (Fsp3) is 0.143.